The highest BCUT2D eigenvalue weighted by Gasteiger charge is 2.37. The molecule has 3 unspecified atom stereocenters. The van der Waals surface area contributed by atoms with Crippen molar-refractivity contribution in [3.63, 3.8) is 0 Å². The fraction of sp³-hybridized carbons (Fsp3) is 0.647. The van der Waals surface area contributed by atoms with Crippen molar-refractivity contribution in [2.24, 2.45) is 11.8 Å². The Hall–Kier alpha value is -0.780. The van der Waals surface area contributed by atoms with E-state index in [1.54, 1.807) is 5.56 Å². The van der Waals surface area contributed by atoms with Crippen LogP contribution in [0.5, 0.6) is 0 Å². The first-order valence-corrected chi connectivity index (χ1v) is 7.32. The average molecular weight is 228 g/mol. The molecule has 2 saturated carbocycles. The average Bonchev–Trinajstić information content (AvgIpc) is 2.75. The highest BCUT2D eigenvalue weighted by molar-refractivity contribution is 5.32. The Balaban J connectivity index is 1.91. The molecule has 0 heteroatoms. The smallest absolute Gasteiger partial charge is 0.0131 e. The van der Waals surface area contributed by atoms with Crippen LogP contribution in [0.1, 0.15) is 61.1 Å². The number of fused-ring (bicyclic) bond motifs is 1. The molecular weight excluding hydrogens is 204 g/mol. The highest BCUT2D eigenvalue weighted by Crippen LogP contribution is 2.49. The second-order valence-corrected chi connectivity index (χ2v) is 6.31. The van der Waals surface area contributed by atoms with E-state index in [0.29, 0.717) is 0 Å². The molecule has 0 amide bonds. The van der Waals surface area contributed by atoms with Crippen molar-refractivity contribution in [1.82, 2.24) is 0 Å². The van der Waals surface area contributed by atoms with Crippen molar-refractivity contribution in [2.75, 3.05) is 0 Å². The molecule has 0 aliphatic heterocycles. The molecule has 0 heterocycles. The molecule has 0 spiro atoms. The van der Waals surface area contributed by atoms with E-state index in [1.807, 2.05) is 0 Å². The molecule has 0 saturated heterocycles. The number of aryl methyl sites for hydroxylation is 2. The Kier molecular flexibility index (Phi) is 2.98. The first kappa shape index (κ1) is 11.3. The maximum atomic E-state index is 2.44. The van der Waals surface area contributed by atoms with E-state index >= 15 is 0 Å². The van der Waals surface area contributed by atoms with Gasteiger partial charge in [-0.1, -0.05) is 55.0 Å². The SMILES string of the molecule is Cc1cc(C)cc(C2CCCC3CCCC32)c1. The van der Waals surface area contributed by atoms with Crippen molar-refractivity contribution in [2.45, 2.75) is 58.3 Å². The van der Waals surface area contributed by atoms with Gasteiger partial charge in [0, 0.05) is 0 Å². The Morgan fingerprint density at radius 3 is 2.18 bits per heavy atom. The molecule has 1 aromatic rings. The number of hydrogen-bond acceptors (Lipinski definition) is 0. The predicted octanol–water partition coefficient (Wildman–Crippen LogP) is 4.99. The first-order valence-electron chi connectivity index (χ1n) is 7.32. The van der Waals surface area contributed by atoms with Gasteiger partial charge in [0.25, 0.3) is 0 Å². The minimum Gasteiger partial charge on any atom is -0.0564 e. The van der Waals surface area contributed by atoms with E-state index in [4.69, 9.17) is 0 Å². The Morgan fingerprint density at radius 1 is 0.824 bits per heavy atom. The fourth-order valence-corrected chi connectivity index (χ4v) is 4.41. The third-order valence-corrected chi connectivity index (χ3v) is 5.00. The van der Waals surface area contributed by atoms with Crippen molar-refractivity contribution in [1.29, 1.82) is 0 Å². The minimum absolute atomic E-state index is 0.870. The first-order chi connectivity index (χ1) is 8.24. The van der Waals surface area contributed by atoms with E-state index in [0.717, 1.165) is 17.8 Å². The Labute approximate surface area is 105 Å². The van der Waals surface area contributed by atoms with Gasteiger partial charge in [-0.3, -0.25) is 0 Å². The van der Waals surface area contributed by atoms with Gasteiger partial charge in [0.2, 0.25) is 0 Å². The molecule has 3 atom stereocenters. The van der Waals surface area contributed by atoms with Gasteiger partial charge in [-0.2, -0.15) is 0 Å². The number of rotatable bonds is 1. The summed E-state index contributed by atoms with van der Waals surface area (Å²) in [5, 5.41) is 0. The summed E-state index contributed by atoms with van der Waals surface area (Å²) in [5.41, 5.74) is 4.53. The maximum Gasteiger partial charge on any atom is -0.0131 e. The van der Waals surface area contributed by atoms with Crippen molar-refractivity contribution in [3.8, 4) is 0 Å². The van der Waals surface area contributed by atoms with E-state index in [2.05, 4.69) is 32.0 Å². The van der Waals surface area contributed by atoms with E-state index in [9.17, 15) is 0 Å². The quantitative estimate of drug-likeness (QED) is 0.635. The normalized spacial score (nSPS) is 32.5. The monoisotopic (exact) mass is 228 g/mol. The minimum atomic E-state index is 0.870. The molecule has 0 bridgehead atoms. The van der Waals surface area contributed by atoms with Crippen molar-refractivity contribution >= 4 is 0 Å². The molecule has 1 aromatic carbocycles. The summed E-state index contributed by atoms with van der Waals surface area (Å²) in [4.78, 5) is 0. The molecule has 0 nitrogen and oxygen atoms in total. The molecule has 2 aliphatic rings. The lowest BCUT2D eigenvalue weighted by Crippen LogP contribution is -2.22. The van der Waals surface area contributed by atoms with Gasteiger partial charge in [0.1, 0.15) is 0 Å². The highest BCUT2D eigenvalue weighted by atomic mass is 14.4. The molecule has 0 radical (unpaired) electrons. The number of benzene rings is 1. The van der Waals surface area contributed by atoms with E-state index < -0.39 is 0 Å². The fourth-order valence-electron chi connectivity index (χ4n) is 4.41. The maximum absolute atomic E-state index is 2.44. The summed E-state index contributed by atoms with van der Waals surface area (Å²) < 4.78 is 0. The van der Waals surface area contributed by atoms with Crippen LogP contribution in [0, 0.1) is 25.7 Å². The summed E-state index contributed by atoms with van der Waals surface area (Å²) in [7, 11) is 0. The van der Waals surface area contributed by atoms with Gasteiger partial charge in [-0.05, 0) is 50.0 Å². The summed E-state index contributed by atoms with van der Waals surface area (Å²) in [6.07, 6.45) is 8.87. The van der Waals surface area contributed by atoms with Crippen LogP contribution < -0.4 is 0 Å². The zero-order valence-electron chi connectivity index (χ0n) is 11.2. The molecule has 2 fully saturated rings. The van der Waals surface area contributed by atoms with Crippen LogP contribution in [-0.4, -0.2) is 0 Å². The molecule has 0 N–H and O–H groups in total. The molecule has 17 heavy (non-hydrogen) atoms. The molecule has 3 rings (SSSR count). The van der Waals surface area contributed by atoms with Gasteiger partial charge < -0.3 is 0 Å². The van der Waals surface area contributed by atoms with Gasteiger partial charge in [0.05, 0.1) is 0 Å². The van der Waals surface area contributed by atoms with Crippen LogP contribution in [-0.2, 0) is 0 Å². The van der Waals surface area contributed by atoms with Crippen molar-refractivity contribution < 1.29 is 0 Å². The summed E-state index contributed by atoms with van der Waals surface area (Å²) in [6.45, 7) is 4.48. The van der Waals surface area contributed by atoms with Crippen molar-refractivity contribution in [3.05, 3.63) is 34.9 Å². The molecule has 92 valence electrons. The van der Waals surface area contributed by atoms with E-state index in [1.165, 1.54) is 49.7 Å². The zero-order valence-corrected chi connectivity index (χ0v) is 11.2. The lowest BCUT2D eigenvalue weighted by molar-refractivity contribution is 0.238. The molecular formula is C17H24. The predicted molar refractivity (Wildman–Crippen MR) is 73.3 cm³/mol. The Morgan fingerprint density at radius 2 is 1.47 bits per heavy atom. The molecule has 2 aliphatic carbocycles. The van der Waals surface area contributed by atoms with Crippen LogP contribution >= 0.6 is 0 Å². The number of hydrogen-bond donors (Lipinski definition) is 0. The second kappa shape index (κ2) is 4.48. The summed E-state index contributed by atoms with van der Waals surface area (Å²) in [6, 6.07) is 7.19. The lowest BCUT2D eigenvalue weighted by Gasteiger charge is -2.34. The second-order valence-electron chi connectivity index (χ2n) is 6.31. The zero-order chi connectivity index (χ0) is 11.8. The third-order valence-electron chi connectivity index (χ3n) is 5.00. The standard InChI is InChI=1S/C17H24/c1-12-9-13(2)11-15(10-12)17-8-4-6-14-5-3-7-16(14)17/h9-11,14,16-17H,3-8H2,1-2H3. The topological polar surface area (TPSA) is 0 Å². The van der Waals surface area contributed by atoms with Gasteiger partial charge >= 0.3 is 0 Å². The summed E-state index contributed by atoms with van der Waals surface area (Å²) >= 11 is 0. The van der Waals surface area contributed by atoms with Gasteiger partial charge in [-0.15, -0.1) is 0 Å². The van der Waals surface area contributed by atoms with Crippen LogP contribution in [0.4, 0.5) is 0 Å². The van der Waals surface area contributed by atoms with Crippen LogP contribution in [0.15, 0.2) is 18.2 Å². The van der Waals surface area contributed by atoms with Crippen LogP contribution in [0.25, 0.3) is 0 Å². The largest absolute Gasteiger partial charge is 0.0564 e. The third kappa shape index (κ3) is 2.14. The van der Waals surface area contributed by atoms with Crippen LogP contribution in [0.2, 0.25) is 0 Å². The van der Waals surface area contributed by atoms with Gasteiger partial charge in [-0.25, -0.2) is 0 Å². The lowest BCUT2D eigenvalue weighted by atomic mass is 9.70. The van der Waals surface area contributed by atoms with E-state index in [-0.39, 0.29) is 0 Å². The van der Waals surface area contributed by atoms with Crippen LogP contribution in [0.3, 0.4) is 0 Å². The molecule has 0 aromatic heterocycles. The Bertz CT molecular complexity index is 384. The summed E-state index contributed by atoms with van der Waals surface area (Å²) in [5.74, 6) is 2.93. The van der Waals surface area contributed by atoms with Gasteiger partial charge in [0.15, 0.2) is 0 Å².